The third-order valence-electron chi connectivity index (χ3n) is 5.05. The van der Waals surface area contributed by atoms with Gasteiger partial charge in [0.1, 0.15) is 0 Å². The quantitative estimate of drug-likeness (QED) is 0.518. The van der Waals surface area contributed by atoms with Crippen LogP contribution >= 0.6 is 0 Å². The summed E-state index contributed by atoms with van der Waals surface area (Å²) < 4.78 is 5.00. The molecule has 0 aromatic heterocycles. The van der Waals surface area contributed by atoms with Gasteiger partial charge in [0, 0.05) is 20.5 Å². The summed E-state index contributed by atoms with van der Waals surface area (Å²) in [6.07, 6.45) is 7.51. The topological polar surface area (TPSA) is 32.6 Å². The van der Waals surface area contributed by atoms with E-state index in [2.05, 4.69) is 60.4 Å². The van der Waals surface area contributed by atoms with Crippen LogP contribution < -0.4 is 9.98 Å². The molecule has 2 aliphatic rings. The fraction of sp³-hybridized carbons (Fsp3) is 0.579. The first kappa shape index (κ1) is 15.9. The average molecular weight is 313 g/mol. The van der Waals surface area contributed by atoms with Gasteiger partial charge in [0.15, 0.2) is 0 Å². The number of likely N-dealkylation sites (tertiary alicyclic amines) is 1. The van der Waals surface area contributed by atoms with E-state index in [-0.39, 0.29) is 0 Å². The van der Waals surface area contributed by atoms with Crippen LogP contribution in [0.25, 0.3) is 0 Å². The SMILES string of the molecule is Cc1cccc(NC(=[N+]=C2CCCN2C)N(C)C2CCCC2)c1. The molecule has 23 heavy (non-hydrogen) atoms. The van der Waals surface area contributed by atoms with E-state index in [9.17, 15) is 0 Å². The number of benzene rings is 1. The van der Waals surface area contributed by atoms with Gasteiger partial charge in [-0.1, -0.05) is 25.0 Å². The molecular weight excluding hydrogens is 284 g/mol. The second-order valence-corrected chi connectivity index (χ2v) is 6.92. The zero-order valence-corrected chi connectivity index (χ0v) is 14.7. The Balaban J connectivity index is 1.91. The molecular formula is C19H29N4+. The lowest BCUT2D eigenvalue weighted by atomic mass is 10.2. The molecule has 1 saturated heterocycles. The zero-order valence-electron chi connectivity index (χ0n) is 14.7. The molecule has 0 bridgehead atoms. The Morgan fingerprint density at radius 3 is 2.70 bits per heavy atom. The largest absolute Gasteiger partial charge is 0.401 e. The molecule has 1 heterocycles. The molecule has 0 spiro atoms. The number of guanidine groups is 1. The highest BCUT2D eigenvalue weighted by molar-refractivity contribution is 5.97. The Hall–Kier alpha value is -1.93. The molecule has 4 nitrogen and oxygen atoms in total. The first-order valence-electron chi connectivity index (χ1n) is 8.85. The molecule has 1 N–H and O–H groups in total. The van der Waals surface area contributed by atoms with Crippen LogP contribution in [0.3, 0.4) is 0 Å². The van der Waals surface area contributed by atoms with Crippen molar-refractivity contribution in [1.29, 1.82) is 0 Å². The van der Waals surface area contributed by atoms with E-state index in [4.69, 9.17) is 4.67 Å². The van der Waals surface area contributed by atoms with Crippen LogP contribution in [0, 0.1) is 6.92 Å². The Morgan fingerprint density at radius 1 is 1.26 bits per heavy atom. The van der Waals surface area contributed by atoms with Crippen molar-refractivity contribution in [2.75, 3.05) is 26.0 Å². The number of rotatable bonds is 2. The van der Waals surface area contributed by atoms with Gasteiger partial charge in [0.05, 0.1) is 18.3 Å². The molecule has 124 valence electrons. The highest BCUT2D eigenvalue weighted by Crippen LogP contribution is 2.23. The molecule has 1 aromatic rings. The monoisotopic (exact) mass is 313 g/mol. The number of anilines is 1. The standard InChI is InChI=1S/C19H28N4/c1-15-8-6-9-16(14-15)20-19(21-18-12-7-13-22(18)2)23(3)17-10-4-5-11-17/h6,8-9,14,17H,4-5,7,10-13H2,1-3H3/p+1. The molecule has 2 fully saturated rings. The Bertz CT molecular complexity index is 610. The number of hydrogen-bond acceptors (Lipinski definition) is 0. The molecule has 3 rings (SSSR count). The van der Waals surface area contributed by atoms with E-state index in [0.717, 1.165) is 24.6 Å². The molecule has 1 aromatic carbocycles. The summed E-state index contributed by atoms with van der Waals surface area (Å²) in [5.74, 6) is 2.19. The second-order valence-electron chi connectivity index (χ2n) is 6.92. The summed E-state index contributed by atoms with van der Waals surface area (Å²) in [5.41, 5.74) is 2.39. The van der Waals surface area contributed by atoms with Crippen molar-refractivity contribution in [3.63, 3.8) is 0 Å². The zero-order chi connectivity index (χ0) is 16.2. The third kappa shape index (κ3) is 3.89. The normalized spacial score (nSPS) is 18.2. The van der Waals surface area contributed by atoms with Crippen LogP contribution in [-0.2, 0) is 0 Å². The van der Waals surface area contributed by atoms with E-state index >= 15 is 0 Å². The van der Waals surface area contributed by atoms with Crippen molar-refractivity contribution in [1.82, 2.24) is 14.5 Å². The number of amidine groups is 1. The lowest BCUT2D eigenvalue weighted by Crippen LogP contribution is -2.42. The van der Waals surface area contributed by atoms with Gasteiger partial charge < -0.3 is 4.90 Å². The molecule has 1 aliphatic carbocycles. The van der Waals surface area contributed by atoms with Crippen molar-refractivity contribution in [2.45, 2.75) is 51.5 Å². The van der Waals surface area contributed by atoms with E-state index in [1.54, 1.807) is 0 Å². The number of nitrogens with zero attached hydrogens (tertiary/aromatic N) is 3. The molecule has 0 radical (unpaired) electrons. The summed E-state index contributed by atoms with van der Waals surface area (Å²) in [7, 11) is 4.33. The molecule has 4 heteroatoms. The summed E-state index contributed by atoms with van der Waals surface area (Å²) in [5, 5.41) is 3.57. The van der Waals surface area contributed by atoms with Crippen LogP contribution in [0.4, 0.5) is 5.69 Å². The summed E-state index contributed by atoms with van der Waals surface area (Å²) >= 11 is 0. The number of hydrogen-bond donors (Lipinski definition) is 1. The minimum Gasteiger partial charge on any atom is -0.302 e. The third-order valence-corrected chi connectivity index (χ3v) is 5.05. The van der Waals surface area contributed by atoms with Gasteiger partial charge in [-0.2, -0.15) is 0 Å². The van der Waals surface area contributed by atoms with Gasteiger partial charge in [-0.3, -0.25) is 10.2 Å². The number of aryl methyl sites for hydroxylation is 1. The van der Waals surface area contributed by atoms with Crippen LogP contribution in [0.1, 0.15) is 44.1 Å². The summed E-state index contributed by atoms with van der Waals surface area (Å²) in [6.45, 7) is 3.24. The van der Waals surface area contributed by atoms with E-state index in [1.807, 2.05) is 0 Å². The van der Waals surface area contributed by atoms with Gasteiger partial charge in [-0.25, -0.2) is 4.67 Å². The Labute approximate surface area is 139 Å². The highest BCUT2D eigenvalue weighted by Gasteiger charge is 2.28. The first-order chi connectivity index (χ1) is 11.1. The van der Waals surface area contributed by atoms with Crippen molar-refractivity contribution < 1.29 is 0 Å². The smallest absolute Gasteiger partial charge is 0.302 e. The van der Waals surface area contributed by atoms with Gasteiger partial charge in [-0.05, 0) is 43.9 Å². The molecule has 0 atom stereocenters. The van der Waals surface area contributed by atoms with Crippen LogP contribution in [0.5, 0.6) is 0 Å². The van der Waals surface area contributed by atoms with Gasteiger partial charge in [-0.15, -0.1) is 0 Å². The predicted octanol–water partition coefficient (Wildman–Crippen LogP) is 2.83. The predicted molar refractivity (Wildman–Crippen MR) is 98.8 cm³/mol. The van der Waals surface area contributed by atoms with Crippen molar-refractivity contribution in [3.05, 3.63) is 29.8 Å². The minimum absolute atomic E-state index is 0.610. The van der Waals surface area contributed by atoms with Crippen LogP contribution in [0.2, 0.25) is 0 Å². The summed E-state index contributed by atoms with van der Waals surface area (Å²) in [4.78, 5) is 4.63. The number of nitrogens with one attached hydrogen (secondary N) is 1. The average Bonchev–Trinajstić information content (AvgIpc) is 3.18. The van der Waals surface area contributed by atoms with Gasteiger partial charge in [0.25, 0.3) is 5.84 Å². The fourth-order valence-electron chi connectivity index (χ4n) is 3.57. The van der Waals surface area contributed by atoms with Gasteiger partial charge >= 0.3 is 5.96 Å². The van der Waals surface area contributed by atoms with Crippen molar-refractivity contribution >= 4 is 17.5 Å². The molecule has 0 unspecified atom stereocenters. The summed E-state index contributed by atoms with van der Waals surface area (Å²) in [6, 6.07) is 9.13. The van der Waals surface area contributed by atoms with E-state index < -0.39 is 0 Å². The van der Waals surface area contributed by atoms with Crippen molar-refractivity contribution in [3.8, 4) is 0 Å². The molecule has 1 saturated carbocycles. The minimum atomic E-state index is 0.610. The maximum Gasteiger partial charge on any atom is 0.401 e. The molecule has 1 aliphatic heterocycles. The first-order valence-corrected chi connectivity index (χ1v) is 8.85. The maximum absolute atomic E-state index is 5.00. The molecule has 0 amide bonds. The van der Waals surface area contributed by atoms with Crippen LogP contribution in [-0.4, -0.2) is 48.3 Å². The Kier molecular flexibility index (Phi) is 4.92. The lowest BCUT2D eigenvalue weighted by molar-refractivity contribution is 0.370. The maximum atomic E-state index is 5.00. The highest BCUT2D eigenvalue weighted by atomic mass is 15.3. The Morgan fingerprint density at radius 2 is 2.04 bits per heavy atom. The van der Waals surface area contributed by atoms with Gasteiger partial charge in [0.2, 0.25) is 0 Å². The second kappa shape index (κ2) is 7.10. The fourth-order valence-corrected chi connectivity index (χ4v) is 3.57. The van der Waals surface area contributed by atoms with Crippen molar-refractivity contribution in [2.24, 2.45) is 0 Å². The van der Waals surface area contributed by atoms with E-state index in [0.29, 0.717) is 6.04 Å². The van der Waals surface area contributed by atoms with Crippen LogP contribution in [0.15, 0.2) is 24.3 Å². The van der Waals surface area contributed by atoms with E-state index in [1.165, 1.54) is 43.5 Å². The lowest BCUT2D eigenvalue weighted by Gasteiger charge is -2.21.